The molecule has 0 saturated carbocycles. The second kappa shape index (κ2) is 5.68. The van der Waals surface area contributed by atoms with Crippen molar-refractivity contribution in [3.63, 3.8) is 0 Å². The number of fused-ring (bicyclic) bond motifs is 2. The number of hydrogen-bond donors (Lipinski definition) is 0. The van der Waals surface area contributed by atoms with Crippen molar-refractivity contribution in [2.24, 2.45) is 11.8 Å². The van der Waals surface area contributed by atoms with Gasteiger partial charge >= 0.3 is 0 Å². The van der Waals surface area contributed by atoms with Crippen molar-refractivity contribution < 1.29 is 9.47 Å². The third kappa shape index (κ3) is 2.50. The number of thioether (sulfide) groups is 1. The van der Waals surface area contributed by atoms with Gasteiger partial charge in [-0.1, -0.05) is 26.0 Å². The predicted octanol–water partition coefficient (Wildman–Crippen LogP) is 4.70. The van der Waals surface area contributed by atoms with Gasteiger partial charge in [-0.05, 0) is 56.4 Å². The van der Waals surface area contributed by atoms with Gasteiger partial charge in [-0.15, -0.1) is 11.8 Å². The average Bonchev–Trinajstić information content (AvgIpc) is 3.05. The second-order valence-electron chi connectivity index (χ2n) is 7.91. The highest BCUT2D eigenvalue weighted by Crippen LogP contribution is 2.49. The highest BCUT2D eigenvalue weighted by Gasteiger charge is 2.52. The molecule has 122 valence electrons. The first-order valence-corrected chi connectivity index (χ1v) is 9.91. The zero-order chi connectivity index (χ0) is 15.3. The summed E-state index contributed by atoms with van der Waals surface area (Å²) in [6.07, 6.45) is 11.6. The molecule has 22 heavy (non-hydrogen) atoms. The molecule has 2 nitrogen and oxygen atoms in total. The fourth-order valence-corrected chi connectivity index (χ4v) is 5.91. The van der Waals surface area contributed by atoms with Gasteiger partial charge in [0.2, 0.25) is 0 Å². The first-order valence-electron chi connectivity index (χ1n) is 8.92. The Morgan fingerprint density at radius 2 is 2.27 bits per heavy atom. The van der Waals surface area contributed by atoms with Crippen molar-refractivity contribution in [2.75, 3.05) is 5.75 Å². The molecule has 5 unspecified atom stereocenters. The second-order valence-corrected chi connectivity index (χ2v) is 8.97. The van der Waals surface area contributed by atoms with Crippen LogP contribution in [0.5, 0.6) is 0 Å². The van der Waals surface area contributed by atoms with Crippen molar-refractivity contribution in [2.45, 2.75) is 76.8 Å². The van der Waals surface area contributed by atoms with Gasteiger partial charge in [0.1, 0.15) is 0 Å². The Bertz CT molecular complexity index is 510. The molecule has 1 aliphatic carbocycles. The van der Waals surface area contributed by atoms with Crippen molar-refractivity contribution in [3.8, 4) is 0 Å². The van der Waals surface area contributed by atoms with Gasteiger partial charge in [-0.2, -0.15) is 0 Å². The molecule has 3 heteroatoms. The van der Waals surface area contributed by atoms with Crippen molar-refractivity contribution in [1.82, 2.24) is 0 Å². The van der Waals surface area contributed by atoms with E-state index in [4.69, 9.17) is 9.47 Å². The molecule has 0 N–H and O–H groups in total. The summed E-state index contributed by atoms with van der Waals surface area (Å²) in [6.45, 7) is 6.96. The molecule has 3 heterocycles. The quantitative estimate of drug-likeness (QED) is 0.750. The van der Waals surface area contributed by atoms with Crippen LogP contribution in [0.4, 0.5) is 0 Å². The van der Waals surface area contributed by atoms with Crippen LogP contribution in [0.25, 0.3) is 0 Å². The lowest BCUT2D eigenvalue weighted by Crippen LogP contribution is -2.50. The normalized spacial score (nSPS) is 44.0. The summed E-state index contributed by atoms with van der Waals surface area (Å²) >= 11 is 1.98. The molecule has 2 bridgehead atoms. The van der Waals surface area contributed by atoms with Crippen molar-refractivity contribution in [1.29, 1.82) is 0 Å². The topological polar surface area (TPSA) is 18.5 Å². The maximum Gasteiger partial charge on any atom is 0.0920 e. The molecular weight excluding hydrogens is 292 g/mol. The Morgan fingerprint density at radius 3 is 3.09 bits per heavy atom. The van der Waals surface area contributed by atoms with Gasteiger partial charge in [0, 0.05) is 10.7 Å². The molecule has 0 aromatic rings. The standard InChI is InChI=1S/C19H28O2S/c1-12(2)14-10-18(19(3)9-8-15(14)21-19)20-16-11-22-17-7-5-4-6-13(16)17/h5,7,12,14-16,18H,4,6,8-11H2,1-3H3. The van der Waals surface area contributed by atoms with E-state index in [-0.39, 0.29) is 11.7 Å². The molecule has 0 radical (unpaired) electrons. The SMILES string of the molecule is CC(C)C1CC(OC2CSC3=C2CCC=C3)C2(C)CCC1O2. The molecule has 0 spiro atoms. The smallest absolute Gasteiger partial charge is 0.0920 e. The number of hydrogen-bond acceptors (Lipinski definition) is 3. The molecule has 4 rings (SSSR count). The Hall–Kier alpha value is -0.250. The molecule has 0 aromatic carbocycles. The molecule has 0 amide bonds. The molecule has 0 aromatic heterocycles. The molecule has 2 fully saturated rings. The summed E-state index contributed by atoms with van der Waals surface area (Å²) in [5, 5.41) is 0. The monoisotopic (exact) mass is 320 g/mol. The maximum absolute atomic E-state index is 6.70. The average molecular weight is 320 g/mol. The third-order valence-electron chi connectivity index (χ3n) is 6.12. The molecule has 3 aliphatic heterocycles. The fourth-order valence-electron chi connectivity index (χ4n) is 4.69. The van der Waals surface area contributed by atoms with Crippen LogP contribution >= 0.6 is 11.8 Å². The lowest BCUT2D eigenvalue weighted by Gasteiger charge is -2.44. The molecule has 2 saturated heterocycles. The summed E-state index contributed by atoms with van der Waals surface area (Å²) in [4.78, 5) is 1.47. The Kier molecular flexibility index (Phi) is 3.95. The van der Waals surface area contributed by atoms with E-state index in [1.165, 1.54) is 30.6 Å². The predicted molar refractivity (Wildman–Crippen MR) is 92.0 cm³/mol. The minimum Gasteiger partial charge on any atom is -0.369 e. The highest BCUT2D eigenvalue weighted by molar-refractivity contribution is 8.03. The number of rotatable bonds is 3. The molecular formula is C19H28O2S. The van der Waals surface area contributed by atoms with Crippen LogP contribution in [0.1, 0.15) is 52.9 Å². The van der Waals surface area contributed by atoms with Gasteiger partial charge in [0.15, 0.2) is 0 Å². The van der Waals surface area contributed by atoms with Crippen molar-refractivity contribution >= 4 is 11.8 Å². The van der Waals surface area contributed by atoms with Crippen LogP contribution < -0.4 is 0 Å². The van der Waals surface area contributed by atoms with Crippen LogP contribution in [0, 0.1) is 11.8 Å². The minimum atomic E-state index is -0.0471. The van der Waals surface area contributed by atoms with E-state index >= 15 is 0 Å². The van der Waals surface area contributed by atoms with Crippen LogP contribution in [0.15, 0.2) is 22.6 Å². The lowest BCUT2D eigenvalue weighted by molar-refractivity contribution is -0.194. The Balaban J connectivity index is 1.52. The summed E-state index contributed by atoms with van der Waals surface area (Å²) in [7, 11) is 0. The van der Waals surface area contributed by atoms with Gasteiger partial charge in [-0.25, -0.2) is 0 Å². The van der Waals surface area contributed by atoms with Crippen LogP contribution in [0.2, 0.25) is 0 Å². The van der Waals surface area contributed by atoms with Crippen molar-refractivity contribution in [3.05, 3.63) is 22.6 Å². The first-order chi connectivity index (χ1) is 10.6. The highest BCUT2D eigenvalue weighted by atomic mass is 32.2. The zero-order valence-electron chi connectivity index (χ0n) is 14.0. The van der Waals surface area contributed by atoms with E-state index in [1.54, 1.807) is 5.57 Å². The molecule has 5 atom stereocenters. The van der Waals surface area contributed by atoms with E-state index in [0.29, 0.717) is 24.0 Å². The summed E-state index contributed by atoms with van der Waals surface area (Å²) in [5.41, 5.74) is 1.51. The summed E-state index contributed by atoms with van der Waals surface area (Å²) in [5.74, 6) is 2.44. The maximum atomic E-state index is 6.70. The van der Waals surface area contributed by atoms with E-state index < -0.39 is 0 Å². The Morgan fingerprint density at radius 1 is 1.41 bits per heavy atom. The zero-order valence-corrected chi connectivity index (χ0v) is 14.8. The van der Waals surface area contributed by atoms with Crippen LogP contribution in [-0.2, 0) is 9.47 Å². The summed E-state index contributed by atoms with van der Waals surface area (Å²) in [6, 6.07) is 0. The number of ether oxygens (including phenoxy) is 2. The number of allylic oxidation sites excluding steroid dienone is 2. The summed E-state index contributed by atoms with van der Waals surface area (Å²) < 4.78 is 13.2. The van der Waals surface area contributed by atoms with E-state index in [1.807, 2.05) is 11.8 Å². The van der Waals surface area contributed by atoms with E-state index in [9.17, 15) is 0 Å². The third-order valence-corrected chi connectivity index (χ3v) is 7.30. The largest absolute Gasteiger partial charge is 0.369 e. The lowest BCUT2D eigenvalue weighted by atomic mass is 9.82. The van der Waals surface area contributed by atoms with Gasteiger partial charge in [0.05, 0.1) is 23.9 Å². The van der Waals surface area contributed by atoms with Gasteiger partial charge < -0.3 is 9.47 Å². The van der Waals surface area contributed by atoms with Crippen LogP contribution in [0.3, 0.4) is 0 Å². The van der Waals surface area contributed by atoms with Crippen LogP contribution in [-0.4, -0.2) is 29.7 Å². The Labute approximate surface area is 138 Å². The molecule has 4 aliphatic rings. The minimum absolute atomic E-state index is 0.0471. The van der Waals surface area contributed by atoms with Gasteiger partial charge in [-0.3, -0.25) is 0 Å². The van der Waals surface area contributed by atoms with E-state index in [0.717, 1.165) is 12.2 Å². The van der Waals surface area contributed by atoms with Gasteiger partial charge in [0.25, 0.3) is 0 Å². The first kappa shape index (κ1) is 15.3. The van der Waals surface area contributed by atoms with E-state index in [2.05, 4.69) is 32.9 Å². The fraction of sp³-hybridized carbons (Fsp3) is 0.789.